The van der Waals surface area contributed by atoms with Crippen molar-refractivity contribution >= 4 is 15.9 Å². The lowest BCUT2D eigenvalue weighted by Gasteiger charge is -2.33. The van der Waals surface area contributed by atoms with E-state index < -0.39 is 39.2 Å². The molecule has 1 N–H and O–H groups in total. The monoisotopic (exact) mass is 541 g/mol. The minimum atomic E-state index is -4.58. The zero-order valence-corrected chi connectivity index (χ0v) is 20.6. The maximum atomic E-state index is 13.3. The van der Waals surface area contributed by atoms with E-state index in [1.807, 2.05) is 0 Å². The number of hydrogen-bond acceptors (Lipinski definition) is 6. The Labute approximate surface area is 210 Å². The molecule has 14 heteroatoms. The van der Waals surface area contributed by atoms with E-state index in [1.165, 1.54) is 31.0 Å². The fourth-order valence-corrected chi connectivity index (χ4v) is 5.97. The summed E-state index contributed by atoms with van der Waals surface area (Å²) in [5, 5.41) is 6.88. The molecule has 1 fully saturated rings. The van der Waals surface area contributed by atoms with Crippen molar-refractivity contribution in [1.29, 1.82) is 0 Å². The number of rotatable bonds is 7. The standard InChI is InChI=1S/C23H23F4N5O4S/c1-22(10-3-11-32(22)37(34,35)18-7-4-16(24)5-8-18)21(33)29-12-15-14-31(30-20(15)36-2)17-6-9-19(28-13-17)23(25,26)27/h4-9,13-14H,3,10-12H2,1-2H3,(H,29,33)/t22-/m0/s1. The first-order valence-electron chi connectivity index (χ1n) is 11.1. The molecule has 1 atom stereocenters. The average Bonchev–Trinajstić information content (AvgIpc) is 3.47. The molecule has 198 valence electrons. The van der Waals surface area contributed by atoms with E-state index in [1.54, 1.807) is 0 Å². The number of aromatic nitrogens is 3. The maximum Gasteiger partial charge on any atom is 0.433 e. The van der Waals surface area contributed by atoms with Gasteiger partial charge in [0.1, 0.15) is 17.1 Å². The van der Waals surface area contributed by atoms with Gasteiger partial charge < -0.3 is 10.1 Å². The van der Waals surface area contributed by atoms with Crippen molar-refractivity contribution in [2.45, 2.75) is 42.9 Å². The number of amides is 1. The van der Waals surface area contributed by atoms with Crippen molar-refractivity contribution in [1.82, 2.24) is 24.4 Å². The summed E-state index contributed by atoms with van der Waals surface area (Å²) in [6.07, 6.45) is -1.38. The normalized spacial score (nSPS) is 18.6. The highest BCUT2D eigenvalue weighted by Crippen LogP contribution is 2.35. The number of methoxy groups -OCH3 is 1. The summed E-state index contributed by atoms with van der Waals surface area (Å²) in [5.41, 5.74) is -1.80. The molecule has 0 spiro atoms. The van der Waals surface area contributed by atoms with Crippen molar-refractivity contribution in [2.75, 3.05) is 13.7 Å². The Hall–Kier alpha value is -3.52. The van der Waals surface area contributed by atoms with Gasteiger partial charge in [0, 0.05) is 19.3 Å². The first-order chi connectivity index (χ1) is 17.4. The van der Waals surface area contributed by atoms with Crippen LogP contribution in [0.1, 0.15) is 31.0 Å². The topological polar surface area (TPSA) is 106 Å². The van der Waals surface area contributed by atoms with Crippen LogP contribution < -0.4 is 10.1 Å². The summed E-state index contributed by atoms with van der Waals surface area (Å²) in [6.45, 7) is 1.55. The van der Waals surface area contributed by atoms with Crippen LogP contribution in [0.15, 0.2) is 53.7 Å². The molecule has 0 saturated carbocycles. The number of hydrogen-bond donors (Lipinski definition) is 1. The molecule has 1 aromatic carbocycles. The largest absolute Gasteiger partial charge is 0.480 e. The number of pyridine rings is 1. The minimum absolute atomic E-state index is 0.0872. The molecular formula is C23H23F4N5O4S. The van der Waals surface area contributed by atoms with Gasteiger partial charge >= 0.3 is 6.18 Å². The Bertz CT molecular complexity index is 1390. The van der Waals surface area contributed by atoms with Gasteiger partial charge in [0.15, 0.2) is 0 Å². The Morgan fingerprint density at radius 3 is 2.49 bits per heavy atom. The third-order valence-corrected chi connectivity index (χ3v) is 8.19. The van der Waals surface area contributed by atoms with Gasteiger partial charge in [0.05, 0.1) is 29.5 Å². The van der Waals surface area contributed by atoms with E-state index in [4.69, 9.17) is 4.74 Å². The third kappa shape index (κ3) is 5.16. The second-order valence-corrected chi connectivity index (χ2v) is 10.5. The summed E-state index contributed by atoms with van der Waals surface area (Å²) in [6, 6.07) is 6.39. The Balaban J connectivity index is 1.52. The van der Waals surface area contributed by atoms with Gasteiger partial charge in [-0.05, 0) is 56.2 Å². The molecule has 1 saturated heterocycles. The zero-order valence-electron chi connectivity index (χ0n) is 19.8. The predicted octanol–water partition coefficient (Wildman–Crippen LogP) is 3.29. The number of benzene rings is 1. The van der Waals surface area contributed by atoms with Crippen molar-refractivity contribution in [2.24, 2.45) is 0 Å². The number of ether oxygens (including phenoxy) is 1. The number of sulfonamides is 1. The first-order valence-corrected chi connectivity index (χ1v) is 12.5. The second-order valence-electron chi connectivity index (χ2n) is 8.60. The fourth-order valence-electron chi connectivity index (χ4n) is 4.16. The molecule has 1 aliphatic heterocycles. The smallest absolute Gasteiger partial charge is 0.433 e. The first kappa shape index (κ1) is 26.5. The molecule has 0 unspecified atom stereocenters. The van der Waals surface area contributed by atoms with Crippen molar-refractivity contribution in [3.05, 3.63) is 65.9 Å². The van der Waals surface area contributed by atoms with Gasteiger partial charge in [-0.2, -0.15) is 17.5 Å². The molecule has 37 heavy (non-hydrogen) atoms. The highest BCUT2D eigenvalue weighted by atomic mass is 32.2. The van der Waals surface area contributed by atoms with Gasteiger partial charge in [0.25, 0.3) is 0 Å². The Morgan fingerprint density at radius 1 is 1.19 bits per heavy atom. The predicted molar refractivity (Wildman–Crippen MR) is 123 cm³/mol. The maximum absolute atomic E-state index is 13.3. The van der Waals surface area contributed by atoms with E-state index >= 15 is 0 Å². The summed E-state index contributed by atoms with van der Waals surface area (Å²) in [7, 11) is -2.73. The van der Waals surface area contributed by atoms with Crippen molar-refractivity contribution in [3.8, 4) is 11.6 Å². The fraction of sp³-hybridized carbons (Fsp3) is 0.348. The van der Waals surface area contributed by atoms with Gasteiger partial charge in [-0.15, -0.1) is 5.10 Å². The molecule has 0 bridgehead atoms. The Kier molecular flexibility index (Phi) is 6.99. The minimum Gasteiger partial charge on any atom is -0.480 e. The number of carbonyl (C=O) groups excluding carboxylic acids is 1. The van der Waals surface area contributed by atoms with Crippen LogP contribution in [-0.2, 0) is 27.5 Å². The lowest BCUT2D eigenvalue weighted by atomic mass is 9.99. The zero-order chi connectivity index (χ0) is 27.0. The Morgan fingerprint density at radius 2 is 1.89 bits per heavy atom. The van der Waals surface area contributed by atoms with Crippen LogP contribution in [-0.4, -0.2) is 52.6 Å². The van der Waals surface area contributed by atoms with Crippen molar-refractivity contribution in [3.63, 3.8) is 0 Å². The highest BCUT2D eigenvalue weighted by molar-refractivity contribution is 7.89. The van der Waals surface area contributed by atoms with Crippen LogP contribution in [0.4, 0.5) is 17.6 Å². The molecule has 4 rings (SSSR count). The third-order valence-electron chi connectivity index (χ3n) is 6.15. The van der Waals surface area contributed by atoms with E-state index in [-0.39, 0.29) is 36.0 Å². The van der Waals surface area contributed by atoms with E-state index in [0.717, 1.165) is 40.8 Å². The van der Waals surface area contributed by atoms with Crippen LogP contribution in [0, 0.1) is 5.82 Å². The summed E-state index contributed by atoms with van der Waals surface area (Å²) >= 11 is 0. The quantitative estimate of drug-likeness (QED) is 0.460. The van der Waals surface area contributed by atoms with Crippen LogP contribution >= 0.6 is 0 Å². The second kappa shape index (κ2) is 9.74. The van der Waals surface area contributed by atoms with Gasteiger partial charge in [-0.3, -0.25) is 4.79 Å². The van der Waals surface area contributed by atoms with Gasteiger partial charge in [-0.25, -0.2) is 22.5 Å². The number of nitrogens with zero attached hydrogens (tertiary/aromatic N) is 4. The summed E-state index contributed by atoms with van der Waals surface area (Å²) < 4.78 is 85.7. The number of alkyl halides is 3. The molecule has 3 heterocycles. The van der Waals surface area contributed by atoms with Crippen LogP contribution in [0.25, 0.3) is 5.69 Å². The molecule has 2 aromatic heterocycles. The number of carbonyl (C=O) groups is 1. The van der Waals surface area contributed by atoms with Gasteiger partial charge in [-0.1, -0.05) is 0 Å². The summed E-state index contributed by atoms with van der Waals surface area (Å²) in [4.78, 5) is 16.5. The van der Waals surface area contributed by atoms with E-state index in [9.17, 15) is 30.8 Å². The SMILES string of the molecule is COc1nn(-c2ccc(C(F)(F)F)nc2)cc1CNC(=O)[C@]1(C)CCCN1S(=O)(=O)c1ccc(F)cc1. The number of halogens is 4. The molecule has 3 aromatic rings. The van der Waals surface area contributed by atoms with Crippen LogP contribution in [0.5, 0.6) is 5.88 Å². The van der Waals surface area contributed by atoms with E-state index in [2.05, 4.69) is 15.4 Å². The summed E-state index contributed by atoms with van der Waals surface area (Å²) in [5.74, 6) is -1.02. The molecule has 0 aliphatic carbocycles. The molecule has 1 amide bonds. The number of nitrogens with one attached hydrogen (secondary N) is 1. The molecule has 1 aliphatic rings. The van der Waals surface area contributed by atoms with Crippen LogP contribution in [0.2, 0.25) is 0 Å². The molecular weight excluding hydrogens is 518 g/mol. The highest BCUT2D eigenvalue weighted by Gasteiger charge is 2.49. The van der Waals surface area contributed by atoms with Crippen LogP contribution in [0.3, 0.4) is 0 Å². The van der Waals surface area contributed by atoms with Crippen molar-refractivity contribution < 1.29 is 35.5 Å². The molecule has 0 radical (unpaired) electrons. The van der Waals surface area contributed by atoms with Gasteiger partial charge in [0.2, 0.25) is 21.8 Å². The van der Waals surface area contributed by atoms with E-state index in [0.29, 0.717) is 12.0 Å². The average molecular weight is 542 g/mol. The molecule has 9 nitrogen and oxygen atoms in total. The lowest BCUT2D eigenvalue weighted by Crippen LogP contribution is -2.55. The lowest BCUT2D eigenvalue weighted by molar-refractivity contribution is -0.141.